The Morgan fingerprint density at radius 2 is 2.15 bits per heavy atom. The van der Waals surface area contributed by atoms with E-state index in [1.54, 1.807) is 11.0 Å². The molecule has 0 saturated carbocycles. The van der Waals surface area contributed by atoms with E-state index in [1.807, 2.05) is 26.8 Å². The molecule has 0 aromatic heterocycles. The van der Waals surface area contributed by atoms with Gasteiger partial charge in [0.2, 0.25) is 5.91 Å². The van der Waals surface area contributed by atoms with Gasteiger partial charge in [0, 0.05) is 12.1 Å². The van der Waals surface area contributed by atoms with Crippen molar-refractivity contribution in [3.63, 3.8) is 0 Å². The number of carbonyl (C=O) groups is 1. The molecule has 0 atom stereocenters. The highest BCUT2D eigenvalue weighted by Gasteiger charge is 2.24. The van der Waals surface area contributed by atoms with E-state index in [4.69, 9.17) is 5.26 Å². The molecule has 0 aliphatic carbocycles. The molecular formula is C10H16N2O. The van der Waals surface area contributed by atoms with Gasteiger partial charge in [0.15, 0.2) is 0 Å². The van der Waals surface area contributed by atoms with Crippen LogP contribution in [0.2, 0.25) is 0 Å². The number of hydrogen-bond acceptors (Lipinski definition) is 2. The molecule has 72 valence electrons. The van der Waals surface area contributed by atoms with Crippen LogP contribution < -0.4 is 0 Å². The average molecular weight is 180 g/mol. The van der Waals surface area contributed by atoms with Gasteiger partial charge in [-0.1, -0.05) is 6.08 Å². The van der Waals surface area contributed by atoms with E-state index in [-0.39, 0.29) is 17.9 Å². The third-order valence-corrected chi connectivity index (χ3v) is 1.65. The molecule has 0 bridgehead atoms. The second-order valence-electron chi connectivity index (χ2n) is 3.80. The van der Waals surface area contributed by atoms with E-state index in [9.17, 15) is 4.79 Å². The summed E-state index contributed by atoms with van der Waals surface area (Å²) in [5, 5.41) is 8.40. The van der Waals surface area contributed by atoms with Gasteiger partial charge in [0.05, 0.1) is 6.07 Å². The van der Waals surface area contributed by atoms with Crippen molar-refractivity contribution in [2.45, 2.75) is 32.7 Å². The molecule has 0 saturated heterocycles. The number of carbonyl (C=O) groups excluding carboxylic acids is 1. The predicted molar refractivity (Wildman–Crippen MR) is 51.9 cm³/mol. The van der Waals surface area contributed by atoms with Gasteiger partial charge in [-0.3, -0.25) is 4.79 Å². The maximum Gasteiger partial charge on any atom is 0.237 e. The summed E-state index contributed by atoms with van der Waals surface area (Å²) in [7, 11) is 0. The zero-order chi connectivity index (χ0) is 10.5. The Kier molecular flexibility index (Phi) is 4.19. The van der Waals surface area contributed by atoms with Crippen LogP contribution in [0.15, 0.2) is 12.7 Å². The Morgan fingerprint density at radius 3 is 2.46 bits per heavy atom. The van der Waals surface area contributed by atoms with Gasteiger partial charge in [0.25, 0.3) is 0 Å². The van der Waals surface area contributed by atoms with E-state index in [0.717, 1.165) is 0 Å². The molecule has 3 heteroatoms. The van der Waals surface area contributed by atoms with E-state index >= 15 is 0 Å². The molecule has 13 heavy (non-hydrogen) atoms. The standard InChI is InChI=1S/C10H16N2O/c1-5-8-12(10(2,3)4)9(13)6-7-11/h5H,1,6,8H2,2-4H3. The van der Waals surface area contributed by atoms with Crippen LogP contribution in [0.4, 0.5) is 0 Å². The third-order valence-electron chi connectivity index (χ3n) is 1.65. The number of amides is 1. The van der Waals surface area contributed by atoms with Gasteiger partial charge in [-0.25, -0.2) is 0 Å². The Balaban J connectivity index is 4.52. The van der Waals surface area contributed by atoms with Crippen molar-refractivity contribution in [1.29, 1.82) is 5.26 Å². The van der Waals surface area contributed by atoms with Crippen molar-refractivity contribution in [1.82, 2.24) is 4.90 Å². The van der Waals surface area contributed by atoms with Crippen LogP contribution >= 0.6 is 0 Å². The lowest BCUT2D eigenvalue weighted by atomic mass is 10.1. The molecule has 0 radical (unpaired) electrons. The molecule has 0 aliphatic heterocycles. The van der Waals surface area contributed by atoms with Gasteiger partial charge in [0.1, 0.15) is 6.42 Å². The molecule has 0 aromatic carbocycles. The van der Waals surface area contributed by atoms with E-state index in [2.05, 4.69) is 6.58 Å². The normalized spacial score (nSPS) is 10.3. The first-order valence-electron chi connectivity index (χ1n) is 4.21. The van der Waals surface area contributed by atoms with Crippen molar-refractivity contribution in [2.75, 3.05) is 6.54 Å². The molecule has 3 nitrogen and oxygen atoms in total. The van der Waals surface area contributed by atoms with Crippen LogP contribution in [-0.4, -0.2) is 22.9 Å². The Labute approximate surface area is 79.6 Å². The van der Waals surface area contributed by atoms with Crippen LogP contribution in [0.5, 0.6) is 0 Å². The van der Waals surface area contributed by atoms with E-state index in [1.165, 1.54) is 0 Å². The van der Waals surface area contributed by atoms with E-state index in [0.29, 0.717) is 6.54 Å². The fourth-order valence-corrected chi connectivity index (χ4v) is 1.04. The van der Waals surface area contributed by atoms with Gasteiger partial charge in [-0.15, -0.1) is 6.58 Å². The summed E-state index contributed by atoms with van der Waals surface area (Å²) in [5.74, 6) is -0.144. The number of rotatable bonds is 3. The second-order valence-corrected chi connectivity index (χ2v) is 3.80. The average Bonchev–Trinajstić information content (AvgIpc) is 1.98. The lowest BCUT2D eigenvalue weighted by molar-refractivity contribution is -0.134. The van der Waals surface area contributed by atoms with Crippen LogP contribution in [0.1, 0.15) is 27.2 Å². The zero-order valence-corrected chi connectivity index (χ0v) is 8.50. The quantitative estimate of drug-likeness (QED) is 0.620. The van der Waals surface area contributed by atoms with Gasteiger partial charge in [-0.05, 0) is 20.8 Å². The lowest BCUT2D eigenvalue weighted by Gasteiger charge is -2.34. The van der Waals surface area contributed by atoms with E-state index < -0.39 is 0 Å². The van der Waals surface area contributed by atoms with Crippen LogP contribution in [0.25, 0.3) is 0 Å². The zero-order valence-electron chi connectivity index (χ0n) is 8.50. The smallest absolute Gasteiger partial charge is 0.237 e. The molecule has 1 amide bonds. The first-order valence-corrected chi connectivity index (χ1v) is 4.21. The summed E-state index contributed by atoms with van der Waals surface area (Å²) in [6.45, 7) is 9.88. The summed E-state index contributed by atoms with van der Waals surface area (Å²) in [6.07, 6.45) is 1.60. The van der Waals surface area contributed by atoms with Gasteiger partial charge < -0.3 is 4.90 Å². The molecule has 0 N–H and O–H groups in total. The Bertz CT molecular complexity index is 232. The minimum Gasteiger partial charge on any atom is -0.333 e. The minimum atomic E-state index is -0.248. The topological polar surface area (TPSA) is 44.1 Å². The third kappa shape index (κ3) is 3.75. The van der Waals surface area contributed by atoms with Gasteiger partial charge >= 0.3 is 0 Å². The van der Waals surface area contributed by atoms with Gasteiger partial charge in [-0.2, -0.15) is 5.26 Å². The van der Waals surface area contributed by atoms with Crippen molar-refractivity contribution >= 4 is 5.91 Å². The number of hydrogen-bond donors (Lipinski definition) is 0. The molecule has 0 spiro atoms. The largest absolute Gasteiger partial charge is 0.333 e. The molecule has 0 aliphatic rings. The van der Waals surface area contributed by atoms with Crippen molar-refractivity contribution in [3.05, 3.63) is 12.7 Å². The van der Waals surface area contributed by atoms with Crippen LogP contribution in [0, 0.1) is 11.3 Å². The van der Waals surface area contributed by atoms with Crippen LogP contribution in [-0.2, 0) is 4.79 Å². The Morgan fingerprint density at radius 1 is 1.62 bits per heavy atom. The van der Waals surface area contributed by atoms with Crippen LogP contribution in [0.3, 0.4) is 0 Å². The predicted octanol–water partition coefficient (Wildman–Crippen LogP) is 1.71. The number of nitrogens with zero attached hydrogens (tertiary/aromatic N) is 2. The highest BCUT2D eigenvalue weighted by atomic mass is 16.2. The first kappa shape index (κ1) is 11.7. The summed E-state index contributed by atoms with van der Waals surface area (Å²) in [4.78, 5) is 13.1. The summed E-state index contributed by atoms with van der Waals surface area (Å²) in [6, 6.07) is 1.85. The summed E-state index contributed by atoms with van der Waals surface area (Å²) < 4.78 is 0. The maximum atomic E-state index is 11.4. The second kappa shape index (κ2) is 4.66. The monoisotopic (exact) mass is 180 g/mol. The van der Waals surface area contributed by atoms with Crippen molar-refractivity contribution in [2.24, 2.45) is 0 Å². The Hall–Kier alpha value is -1.30. The summed E-state index contributed by atoms with van der Waals surface area (Å²) in [5.41, 5.74) is -0.248. The fourth-order valence-electron chi connectivity index (χ4n) is 1.04. The molecule has 0 heterocycles. The molecular weight excluding hydrogens is 164 g/mol. The highest BCUT2D eigenvalue weighted by molar-refractivity contribution is 5.79. The fraction of sp³-hybridized carbons (Fsp3) is 0.600. The molecule has 0 rings (SSSR count). The SMILES string of the molecule is C=CCN(C(=O)CC#N)C(C)(C)C. The highest BCUT2D eigenvalue weighted by Crippen LogP contribution is 2.14. The summed E-state index contributed by atoms with van der Waals surface area (Å²) >= 11 is 0. The van der Waals surface area contributed by atoms with Crippen molar-refractivity contribution < 1.29 is 4.79 Å². The maximum absolute atomic E-state index is 11.4. The molecule has 0 fully saturated rings. The lowest BCUT2D eigenvalue weighted by Crippen LogP contribution is -2.45. The minimum absolute atomic E-state index is 0.0644. The number of nitriles is 1. The molecule has 0 aromatic rings. The molecule has 0 unspecified atom stereocenters. The van der Waals surface area contributed by atoms with Crippen molar-refractivity contribution in [3.8, 4) is 6.07 Å². The first-order chi connectivity index (χ1) is 5.93.